The summed E-state index contributed by atoms with van der Waals surface area (Å²) >= 11 is 0. The van der Waals surface area contributed by atoms with Crippen molar-refractivity contribution in [2.45, 2.75) is 47.1 Å². The third kappa shape index (κ3) is 7.16. The molecule has 2 heterocycles. The second-order valence-corrected chi connectivity index (χ2v) is 6.69. The summed E-state index contributed by atoms with van der Waals surface area (Å²) in [5.41, 5.74) is 2.66. The molecule has 178 valence electrons. The molecule has 1 aromatic rings. The van der Waals surface area contributed by atoms with Crippen molar-refractivity contribution in [1.82, 2.24) is 5.32 Å². The molecule has 1 aliphatic heterocycles. The number of carbonyl (C=O) groups excluding carboxylic acids is 3. The summed E-state index contributed by atoms with van der Waals surface area (Å²) in [6.45, 7) is 9.57. The van der Waals surface area contributed by atoms with Crippen LogP contribution in [-0.4, -0.2) is 37.7 Å². The molecule has 10 heteroatoms. The Bertz CT molecular complexity index is 841. The van der Waals surface area contributed by atoms with Gasteiger partial charge in [0.25, 0.3) is 0 Å². The number of ether oxygens (including phenoxy) is 3. The maximum absolute atomic E-state index is 12.7. The Balaban J connectivity index is 0.00000480. The van der Waals surface area contributed by atoms with Crippen LogP contribution in [0.3, 0.4) is 0 Å². The monoisotopic (exact) mass is 576 g/mol. The van der Waals surface area contributed by atoms with Crippen LogP contribution in [0.2, 0.25) is 0 Å². The Labute approximate surface area is 209 Å². The molecule has 1 N–H and O–H groups in total. The summed E-state index contributed by atoms with van der Waals surface area (Å²) in [6.07, 6.45) is 3.43. The predicted octanol–water partition coefficient (Wildman–Crippen LogP) is -0.520. The fraction of sp³-hybridized carbons (Fsp3) is 0.455. The number of nitrogens with zero attached hydrogens (tertiary/aromatic N) is 1. The SMILES string of the molecule is Br.CCOC(=O)C[n+]1ccc(C2C(C(=O)OCC)=C(C)NC(C)=C2C(=O)OCC)cc1.[Br-]. The number of esters is 3. The standard InChI is InChI=1S/C22H28N2O6.2BrH/c1-6-28-17(25)13-24-11-9-16(10-12-24)20-18(21(26)29-7-2)14(4)23-15(5)19(20)22(27)30-8-3;;/h9-12,20H,6-8,13H2,1-5H3;2*1H. The lowest BCUT2D eigenvalue weighted by Gasteiger charge is -2.30. The van der Waals surface area contributed by atoms with E-state index in [-0.39, 0.29) is 59.7 Å². The molecular formula is C22H30Br2N2O6. The first-order valence-electron chi connectivity index (χ1n) is 10.0. The molecule has 0 aliphatic carbocycles. The molecule has 0 saturated heterocycles. The zero-order valence-corrected chi connectivity index (χ0v) is 22.2. The van der Waals surface area contributed by atoms with Gasteiger partial charge in [-0.2, -0.15) is 4.57 Å². The number of pyridine rings is 1. The second kappa shape index (κ2) is 14.1. The number of rotatable bonds is 8. The number of hydrogen-bond acceptors (Lipinski definition) is 7. The van der Waals surface area contributed by atoms with Gasteiger partial charge in [0.2, 0.25) is 6.54 Å². The molecule has 0 aromatic carbocycles. The molecule has 1 aliphatic rings. The van der Waals surface area contributed by atoms with Crippen LogP contribution in [0.25, 0.3) is 0 Å². The number of halogens is 2. The van der Waals surface area contributed by atoms with Gasteiger partial charge in [-0.25, -0.2) is 14.4 Å². The zero-order chi connectivity index (χ0) is 22.3. The van der Waals surface area contributed by atoms with Crippen molar-refractivity contribution in [3.63, 3.8) is 0 Å². The van der Waals surface area contributed by atoms with E-state index in [4.69, 9.17) is 14.2 Å². The zero-order valence-electron chi connectivity index (χ0n) is 18.9. The van der Waals surface area contributed by atoms with E-state index in [1.165, 1.54) is 0 Å². The first-order valence-corrected chi connectivity index (χ1v) is 10.0. The summed E-state index contributed by atoms with van der Waals surface area (Å²) in [4.78, 5) is 37.2. The second-order valence-electron chi connectivity index (χ2n) is 6.69. The Morgan fingerprint density at radius 1 is 0.875 bits per heavy atom. The van der Waals surface area contributed by atoms with Gasteiger partial charge < -0.3 is 36.5 Å². The van der Waals surface area contributed by atoms with Crippen LogP contribution in [0.4, 0.5) is 0 Å². The molecular weight excluding hydrogens is 548 g/mol. The number of aromatic nitrogens is 1. The molecule has 1 aromatic heterocycles. The van der Waals surface area contributed by atoms with Crippen LogP contribution >= 0.6 is 17.0 Å². The van der Waals surface area contributed by atoms with E-state index in [0.717, 1.165) is 0 Å². The minimum Gasteiger partial charge on any atom is -1.00 e. The lowest BCUT2D eigenvalue weighted by Crippen LogP contribution is -3.00. The summed E-state index contributed by atoms with van der Waals surface area (Å²) < 4.78 is 17.1. The van der Waals surface area contributed by atoms with E-state index in [0.29, 0.717) is 34.7 Å². The summed E-state index contributed by atoms with van der Waals surface area (Å²) in [5, 5.41) is 3.10. The van der Waals surface area contributed by atoms with Crippen molar-refractivity contribution in [1.29, 1.82) is 0 Å². The van der Waals surface area contributed by atoms with E-state index in [2.05, 4.69) is 5.32 Å². The molecule has 0 bridgehead atoms. The van der Waals surface area contributed by atoms with E-state index in [9.17, 15) is 14.4 Å². The highest BCUT2D eigenvalue weighted by Crippen LogP contribution is 2.38. The van der Waals surface area contributed by atoms with Gasteiger partial charge in [-0.15, -0.1) is 17.0 Å². The van der Waals surface area contributed by atoms with Gasteiger partial charge in [-0.3, -0.25) is 0 Å². The van der Waals surface area contributed by atoms with E-state index in [1.54, 1.807) is 63.7 Å². The smallest absolute Gasteiger partial charge is 0.372 e. The number of carbonyl (C=O) groups is 3. The minimum atomic E-state index is -0.651. The van der Waals surface area contributed by atoms with Crippen molar-refractivity contribution in [2.75, 3.05) is 19.8 Å². The van der Waals surface area contributed by atoms with Crippen LogP contribution < -0.4 is 26.9 Å². The fourth-order valence-electron chi connectivity index (χ4n) is 3.41. The number of hydrogen-bond donors (Lipinski definition) is 1. The summed E-state index contributed by atoms with van der Waals surface area (Å²) in [7, 11) is 0. The number of dihydropyridines is 1. The van der Waals surface area contributed by atoms with Gasteiger partial charge in [-0.1, -0.05) is 0 Å². The van der Waals surface area contributed by atoms with Crippen LogP contribution in [0.1, 0.15) is 46.1 Å². The average molecular weight is 578 g/mol. The molecule has 0 atom stereocenters. The van der Waals surface area contributed by atoms with Gasteiger partial charge in [0.1, 0.15) is 0 Å². The third-order valence-electron chi connectivity index (χ3n) is 4.62. The molecule has 0 radical (unpaired) electrons. The first kappa shape index (κ1) is 29.8. The molecule has 2 rings (SSSR count). The molecule has 0 amide bonds. The highest BCUT2D eigenvalue weighted by atomic mass is 79.9. The largest absolute Gasteiger partial charge is 1.00 e. The van der Waals surface area contributed by atoms with Gasteiger partial charge in [0.05, 0.1) is 36.9 Å². The molecule has 0 spiro atoms. The third-order valence-corrected chi connectivity index (χ3v) is 4.62. The maximum Gasteiger partial charge on any atom is 0.372 e. The molecule has 0 saturated carbocycles. The fourth-order valence-corrected chi connectivity index (χ4v) is 3.41. The van der Waals surface area contributed by atoms with E-state index in [1.807, 2.05) is 0 Å². The van der Waals surface area contributed by atoms with Gasteiger partial charge in [0.15, 0.2) is 12.4 Å². The van der Waals surface area contributed by atoms with Crippen LogP contribution in [0.5, 0.6) is 0 Å². The molecule has 8 nitrogen and oxygen atoms in total. The van der Waals surface area contributed by atoms with Gasteiger partial charge >= 0.3 is 17.9 Å². The topological polar surface area (TPSA) is 94.8 Å². The Kier molecular flexibility index (Phi) is 13.1. The first-order chi connectivity index (χ1) is 14.3. The predicted molar refractivity (Wildman–Crippen MR) is 118 cm³/mol. The van der Waals surface area contributed by atoms with Crippen LogP contribution in [-0.2, 0) is 35.1 Å². The minimum absolute atomic E-state index is 0. The van der Waals surface area contributed by atoms with E-state index >= 15 is 0 Å². The number of allylic oxidation sites excluding steroid dienone is 2. The quantitative estimate of drug-likeness (QED) is 0.252. The maximum atomic E-state index is 12.7. The Morgan fingerprint density at radius 3 is 1.72 bits per heavy atom. The van der Waals surface area contributed by atoms with Crippen molar-refractivity contribution >= 4 is 34.9 Å². The highest BCUT2D eigenvalue weighted by Gasteiger charge is 2.38. The average Bonchev–Trinajstić information content (AvgIpc) is 2.68. The van der Waals surface area contributed by atoms with E-state index < -0.39 is 17.9 Å². The van der Waals surface area contributed by atoms with Crippen LogP contribution in [0, 0.1) is 0 Å². The highest BCUT2D eigenvalue weighted by molar-refractivity contribution is 8.93. The lowest BCUT2D eigenvalue weighted by molar-refractivity contribution is -0.686. The lowest BCUT2D eigenvalue weighted by atomic mass is 9.80. The Morgan fingerprint density at radius 2 is 1.31 bits per heavy atom. The van der Waals surface area contributed by atoms with Crippen molar-refractivity contribution in [3.8, 4) is 0 Å². The molecule has 32 heavy (non-hydrogen) atoms. The molecule has 0 fully saturated rings. The number of nitrogens with one attached hydrogen (secondary N) is 1. The Hall–Kier alpha value is -2.20. The van der Waals surface area contributed by atoms with Crippen molar-refractivity contribution < 1.29 is 50.1 Å². The van der Waals surface area contributed by atoms with Gasteiger partial charge in [0, 0.05) is 23.5 Å². The van der Waals surface area contributed by atoms with Crippen molar-refractivity contribution in [2.24, 2.45) is 0 Å². The molecule has 0 unspecified atom stereocenters. The van der Waals surface area contributed by atoms with Crippen LogP contribution in [0.15, 0.2) is 47.1 Å². The summed E-state index contributed by atoms with van der Waals surface area (Å²) in [6, 6.07) is 3.54. The summed E-state index contributed by atoms with van der Waals surface area (Å²) in [5.74, 6) is -1.99. The van der Waals surface area contributed by atoms with Gasteiger partial charge in [-0.05, 0) is 40.2 Å². The van der Waals surface area contributed by atoms with Crippen molar-refractivity contribution in [3.05, 3.63) is 52.6 Å². The normalized spacial score (nSPS) is 13.4.